The molecule has 2 aliphatic rings. The molecule has 1 atom stereocenters. The Kier molecular flexibility index (Phi) is 4.95. The standard InChI is InChI=1S/C18H24N2O2S/c1-12(2)6-8-23-17-10-15-14(9-16(17)22-3)18(21)20-7-4-5-13(20)11-19-15/h9-13H,4-8H2,1-3H3. The number of hydrogen-bond donors (Lipinski definition) is 0. The minimum Gasteiger partial charge on any atom is -0.496 e. The van der Waals surface area contributed by atoms with Crippen LogP contribution in [0.3, 0.4) is 0 Å². The summed E-state index contributed by atoms with van der Waals surface area (Å²) in [5, 5.41) is 0. The van der Waals surface area contributed by atoms with Gasteiger partial charge < -0.3 is 9.64 Å². The molecule has 1 unspecified atom stereocenters. The molecule has 1 amide bonds. The number of fused-ring (bicyclic) bond motifs is 2. The van der Waals surface area contributed by atoms with E-state index < -0.39 is 0 Å². The van der Waals surface area contributed by atoms with Crippen molar-refractivity contribution < 1.29 is 9.53 Å². The Morgan fingerprint density at radius 3 is 3.00 bits per heavy atom. The molecule has 0 bridgehead atoms. The molecule has 0 aliphatic carbocycles. The van der Waals surface area contributed by atoms with Crippen LogP contribution in [0, 0.1) is 5.92 Å². The number of carbonyl (C=O) groups excluding carboxylic acids is 1. The summed E-state index contributed by atoms with van der Waals surface area (Å²) in [6, 6.07) is 4.03. The molecule has 1 fully saturated rings. The zero-order valence-electron chi connectivity index (χ0n) is 14.0. The summed E-state index contributed by atoms with van der Waals surface area (Å²) >= 11 is 1.78. The molecule has 124 valence electrons. The second-order valence-electron chi connectivity index (χ2n) is 6.54. The van der Waals surface area contributed by atoms with Crippen molar-refractivity contribution in [2.75, 3.05) is 19.4 Å². The van der Waals surface area contributed by atoms with Crippen LogP contribution in [-0.4, -0.2) is 42.5 Å². The number of nitrogens with zero attached hydrogens (tertiary/aromatic N) is 2. The van der Waals surface area contributed by atoms with E-state index in [1.807, 2.05) is 23.2 Å². The first-order valence-electron chi connectivity index (χ1n) is 8.30. The summed E-state index contributed by atoms with van der Waals surface area (Å²) in [4.78, 5) is 20.4. The van der Waals surface area contributed by atoms with Crippen molar-refractivity contribution in [2.24, 2.45) is 10.9 Å². The molecule has 1 aromatic carbocycles. The quantitative estimate of drug-likeness (QED) is 0.761. The number of aliphatic imine (C=N–C) groups is 1. The molecule has 3 rings (SSSR count). The highest BCUT2D eigenvalue weighted by Crippen LogP contribution is 2.38. The van der Waals surface area contributed by atoms with E-state index >= 15 is 0 Å². The summed E-state index contributed by atoms with van der Waals surface area (Å²) in [7, 11) is 1.66. The van der Waals surface area contributed by atoms with Gasteiger partial charge in [-0.3, -0.25) is 9.79 Å². The number of benzene rings is 1. The van der Waals surface area contributed by atoms with Crippen molar-refractivity contribution in [2.45, 2.75) is 44.0 Å². The van der Waals surface area contributed by atoms with Gasteiger partial charge >= 0.3 is 0 Å². The molecule has 0 radical (unpaired) electrons. The fourth-order valence-electron chi connectivity index (χ4n) is 3.02. The number of hydrogen-bond acceptors (Lipinski definition) is 4. The van der Waals surface area contributed by atoms with Crippen molar-refractivity contribution >= 4 is 29.6 Å². The number of carbonyl (C=O) groups is 1. The maximum absolute atomic E-state index is 12.8. The Hall–Kier alpha value is -1.49. The van der Waals surface area contributed by atoms with Gasteiger partial charge in [0.15, 0.2) is 0 Å². The van der Waals surface area contributed by atoms with Crippen molar-refractivity contribution in [3.05, 3.63) is 17.7 Å². The molecule has 1 aromatic rings. The van der Waals surface area contributed by atoms with E-state index in [0.29, 0.717) is 11.5 Å². The summed E-state index contributed by atoms with van der Waals surface area (Å²) in [5.41, 5.74) is 1.44. The highest BCUT2D eigenvalue weighted by atomic mass is 32.2. The predicted molar refractivity (Wildman–Crippen MR) is 95.4 cm³/mol. The van der Waals surface area contributed by atoms with Crippen LogP contribution in [0.25, 0.3) is 0 Å². The first kappa shape index (κ1) is 16.4. The van der Waals surface area contributed by atoms with E-state index in [1.54, 1.807) is 18.9 Å². The van der Waals surface area contributed by atoms with Crippen molar-refractivity contribution in [3.8, 4) is 5.75 Å². The smallest absolute Gasteiger partial charge is 0.256 e. The van der Waals surface area contributed by atoms with Crippen molar-refractivity contribution in [1.29, 1.82) is 0 Å². The third kappa shape index (κ3) is 3.39. The molecule has 1 saturated heterocycles. The molecule has 0 spiro atoms. The second kappa shape index (κ2) is 6.95. The lowest BCUT2D eigenvalue weighted by atomic mass is 10.1. The zero-order chi connectivity index (χ0) is 16.4. The van der Waals surface area contributed by atoms with Gasteiger partial charge in [-0.05, 0) is 43.1 Å². The average molecular weight is 332 g/mol. The van der Waals surface area contributed by atoms with Gasteiger partial charge in [0.05, 0.1) is 29.3 Å². The van der Waals surface area contributed by atoms with Crippen LogP contribution < -0.4 is 4.74 Å². The SMILES string of the molecule is COc1cc2c(cc1SCCC(C)C)N=CC1CCCN1C2=O. The Labute approximate surface area is 142 Å². The molecule has 23 heavy (non-hydrogen) atoms. The summed E-state index contributed by atoms with van der Waals surface area (Å²) < 4.78 is 5.53. The van der Waals surface area contributed by atoms with Gasteiger partial charge in [0.1, 0.15) is 5.75 Å². The Bertz CT molecular complexity index is 628. The van der Waals surface area contributed by atoms with Crippen LogP contribution in [0.2, 0.25) is 0 Å². The maximum atomic E-state index is 12.8. The van der Waals surface area contributed by atoms with Crippen LogP contribution in [-0.2, 0) is 0 Å². The van der Waals surface area contributed by atoms with Gasteiger partial charge in [0, 0.05) is 12.8 Å². The Balaban J connectivity index is 1.90. The summed E-state index contributed by atoms with van der Waals surface area (Å²) in [5.74, 6) is 2.58. The number of thioether (sulfide) groups is 1. The van der Waals surface area contributed by atoms with Gasteiger partial charge in [-0.1, -0.05) is 13.8 Å². The molecule has 2 aliphatic heterocycles. The van der Waals surface area contributed by atoms with Gasteiger partial charge in [-0.15, -0.1) is 11.8 Å². The Morgan fingerprint density at radius 2 is 2.26 bits per heavy atom. The third-order valence-corrected chi connectivity index (χ3v) is 5.48. The minimum atomic E-state index is 0.0806. The van der Waals surface area contributed by atoms with E-state index in [1.165, 1.54) is 0 Å². The molecule has 4 nitrogen and oxygen atoms in total. The molecular formula is C18H24N2O2S. The van der Waals surface area contributed by atoms with Crippen LogP contribution >= 0.6 is 11.8 Å². The summed E-state index contributed by atoms with van der Waals surface area (Å²) in [6.07, 6.45) is 5.16. The number of amides is 1. The van der Waals surface area contributed by atoms with Gasteiger partial charge in [0.2, 0.25) is 0 Å². The first-order valence-corrected chi connectivity index (χ1v) is 9.28. The third-order valence-electron chi connectivity index (χ3n) is 4.41. The fourth-order valence-corrected chi connectivity index (χ4v) is 4.31. The van der Waals surface area contributed by atoms with Crippen molar-refractivity contribution in [3.63, 3.8) is 0 Å². The topological polar surface area (TPSA) is 41.9 Å². The maximum Gasteiger partial charge on any atom is 0.256 e. The van der Waals surface area contributed by atoms with Crippen molar-refractivity contribution in [1.82, 2.24) is 4.90 Å². The van der Waals surface area contributed by atoms with Crippen LogP contribution in [0.5, 0.6) is 5.75 Å². The average Bonchev–Trinajstić information content (AvgIpc) is 2.95. The minimum absolute atomic E-state index is 0.0806. The lowest BCUT2D eigenvalue weighted by Crippen LogP contribution is -2.35. The number of ether oxygens (including phenoxy) is 1. The van der Waals surface area contributed by atoms with Crippen LogP contribution in [0.4, 0.5) is 5.69 Å². The first-order chi connectivity index (χ1) is 11.1. The van der Waals surface area contributed by atoms with Crippen LogP contribution in [0.15, 0.2) is 22.0 Å². The molecule has 2 heterocycles. The van der Waals surface area contributed by atoms with Crippen LogP contribution in [0.1, 0.15) is 43.5 Å². The second-order valence-corrected chi connectivity index (χ2v) is 7.67. The Morgan fingerprint density at radius 1 is 1.43 bits per heavy atom. The molecular weight excluding hydrogens is 308 g/mol. The summed E-state index contributed by atoms with van der Waals surface area (Å²) in [6.45, 7) is 5.28. The molecule has 0 N–H and O–H groups in total. The highest BCUT2D eigenvalue weighted by molar-refractivity contribution is 7.99. The molecule has 5 heteroatoms. The lowest BCUT2D eigenvalue weighted by Gasteiger charge is -2.20. The van der Waals surface area contributed by atoms with E-state index in [-0.39, 0.29) is 11.9 Å². The van der Waals surface area contributed by atoms with Gasteiger partial charge in [0.25, 0.3) is 5.91 Å². The largest absolute Gasteiger partial charge is 0.496 e. The zero-order valence-corrected chi connectivity index (χ0v) is 14.9. The lowest BCUT2D eigenvalue weighted by molar-refractivity contribution is 0.0774. The monoisotopic (exact) mass is 332 g/mol. The number of rotatable bonds is 5. The highest BCUT2D eigenvalue weighted by Gasteiger charge is 2.32. The predicted octanol–water partition coefficient (Wildman–Crippen LogP) is 4.15. The fraction of sp³-hybridized carbons (Fsp3) is 0.556. The molecule has 0 saturated carbocycles. The van der Waals surface area contributed by atoms with Gasteiger partial charge in [-0.25, -0.2) is 0 Å². The van der Waals surface area contributed by atoms with Gasteiger partial charge in [-0.2, -0.15) is 0 Å². The van der Waals surface area contributed by atoms with E-state index in [9.17, 15) is 4.79 Å². The van der Waals surface area contributed by atoms with E-state index in [4.69, 9.17) is 4.74 Å². The number of methoxy groups -OCH3 is 1. The van der Waals surface area contributed by atoms with E-state index in [2.05, 4.69) is 18.8 Å². The normalized spacial score (nSPS) is 19.7. The molecule has 0 aromatic heterocycles. The van der Waals surface area contributed by atoms with E-state index in [0.717, 1.165) is 47.9 Å².